The van der Waals surface area contributed by atoms with Gasteiger partial charge in [-0.05, 0) is 47.0 Å². The Morgan fingerprint density at radius 1 is 1.56 bits per heavy atom. The van der Waals surface area contributed by atoms with E-state index in [1.54, 1.807) is 19.2 Å². The summed E-state index contributed by atoms with van der Waals surface area (Å²) >= 11 is 3.46. The van der Waals surface area contributed by atoms with E-state index in [4.69, 9.17) is 9.84 Å². The minimum atomic E-state index is -0.905. The first-order valence-corrected chi connectivity index (χ1v) is 6.71. The number of carboxylic acids is 1. The molecule has 2 rings (SSSR count). The third kappa shape index (κ3) is 3.03. The first kappa shape index (κ1) is 13.4. The number of aromatic carboxylic acids is 1. The van der Waals surface area contributed by atoms with E-state index in [9.17, 15) is 4.79 Å². The van der Waals surface area contributed by atoms with Crippen molar-refractivity contribution in [1.29, 1.82) is 0 Å². The lowest BCUT2D eigenvalue weighted by Gasteiger charge is -2.25. The van der Waals surface area contributed by atoms with Crippen LogP contribution in [0.2, 0.25) is 0 Å². The molecule has 5 heteroatoms. The van der Waals surface area contributed by atoms with Gasteiger partial charge in [0.25, 0.3) is 0 Å². The van der Waals surface area contributed by atoms with Crippen LogP contribution in [0.4, 0.5) is 5.69 Å². The highest BCUT2D eigenvalue weighted by atomic mass is 79.9. The first-order valence-electron chi connectivity index (χ1n) is 5.92. The van der Waals surface area contributed by atoms with Crippen LogP contribution in [0.1, 0.15) is 23.2 Å². The molecule has 1 aliphatic rings. The van der Waals surface area contributed by atoms with E-state index in [0.29, 0.717) is 18.2 Å². The standard InChI is InChI=1S/C13H16BrNO3/c1-18-7-6-15(10-3-4-10)12-5-2-9(13(16)17)8-11(12)14/h2,5,8,10H,3-4,6-7H2,1H3,(H,16,17). The van der Waals surface area contributed by atoms with E-state index >= 15 is 0 Å². The number of hydrogen-bond donors (Lipinski definition) is 1. The molecule has 1 aromatic rings. The SMILES string of the molecule is COCCN(c1ccc(C(=O)O)cc1Br)C1CC1. The molecular formula is C13H16BrNO3. The molecule has 0 radical (unpaired) electrons. The number of benzene rings is 1. The molecule has 1 fully saturated rings. The number of carboxylic acid groups (broad SMARTS) is 1. The van der Waals surface area contributed by atoms with Gasteiger partial charge in [-0.2, -0.15) is 0 Å². The summed E-state index contributed by atoms with van der Waals surface area (Å²) in [4.78, 5) is 13.2. The Kier molecular flexibility index (Phi) is 4.24. The molecule has 4 nitrogen and oxygen atoms in total. The molecule has 98 valence electrons. The molecule has 0 bridgehead atoms. The molecule has 1 aliphatic carbocycles. The predicted molar refractivity (Wildman–Crippen MR) is 73.3 cm³/mol. The van der Waals surface area contributed by atoms with Crippen molar-refractivity contribution in [2.24, 2.45) is 0 Å². The number of rotatable bonds is 6. The molecule has 0 heterocycles. The normalized spacial score (nSPS) is 14.6. The second-order valence-electron chi connectivity index (χ2n) is 4.39. The Morgan fingerprint density at radius 2 is 2.28 bits per heavy atom. The van der Waals surface area contributed by atoms with Crippen molar-refractivity contribution >= 4 is 27.6 Å². The number of ether oxygens (including phenoxy) is 1. The molecule has 0 aliphatic heterocycles. The Labute approximate surface area is 115 Å². The van der Waals surface area contributed by atoms with E-state index in [-0.39, 0.29) is 0 Å². The van der Waals surface area contributed by atoms with Crippen molar-refractivity contribution in [3.05, 3.63) is 28.2 Å². The van der Waals surface area contributed by atoms with Gasteiger partial charge in [-0.25, -0.2) is 4.79 Å². The summed E-state index contributed by atoms with van der Waals surface area (Å²) in [5.41, 5.74) is 1.34. The zero-order valence-corrected chi connectivity index (χ0v) is 11.8. The van der Waals surface area contributed by atoms with Crippen LogP contribution >= 0.6 is 15.9 Å². The smallest absolute Gasteiger partial charge is 0.335 e. The lowest BCUT2D eigenvalue weighted by atomic mass is 10.2. The molecule has 1 N–H and O–H groups in total. The van der Waals surface area contributed by atoms with Gasteiger partial charge in [-0.3, -0.25) is 0 Å². The average molecular weight is 314 g/mol. The lowest BCUT2D eigenvalue weighted by Crippen LogP contribution is -2.29. The van der Waals surface area contributed by atoms with Gasteiger partial charge in [0, 0.05) is 24.2 Å². The summed E-state index contributed by atoms with van der Waals surface area (Å²) in [7, 11) is 1.69. The fraction of sp³-hybridized carbons (Fsp3) is 0.462. The minimum absolute atomic E-state index is 0.299. The number of halogens is 1. The largest absolute Gasteiger partial charge is 0.478 e. The number of hydrogen-bond acceptors (Lipinski definition) is 3. The maximum atomic E-state index is 10.9. The summed E-state index contributed by atoms with van der Waals surface area (Å²) in [6, 6.07) is 5.72. The van der Waals surface area contributed by atoms with Crippen LogP contribution in [0, 0.1) is 0 Å². The lowest BCUT2D eigenvalue weighted by molar-refractivity contribution is 0.0697. The van der Waals surface area contributed by atoms with Gasteiger partial charge in [0.15, 0.2) is 0 Å². The number of anilines is 1. The predicted octanol–water partition coefficient (Wildman–Crippen LogP) is 2.76. The van der Waals surface area contributed by atoms with E-state index in [1.807, 2.05) is 6.07 Å². The molecule has 0 amide bonds. The Bertz CT molecular complexity index is 446. The monoisotopic (exact) mass is 313 g/mol. The van der Waals surface area contributed by atoms with Gasteiger partial charge < -0.3 is 14.7 Å². The van der Waals surface area contributed by atoms with Crippen LogP contribution in [-0.2, 0) is 4.74 Å². The minimum Gasteiger partial charge on any atom is -0.478 e. The topological polar surface area (TPSA) is 49.8 Å². The van der Waals surface area contributed by atoms with Gasteiger partial charge in [-0.1, -0.05) is 0 Å². The third-order valence-electron chi connectivity index (χ3n) is 3.03. The van der Waals surface area contributed by atoms with E-state index in [2.05, 4.69) is 20.8 Å². The Morgan fingerprint density at radius 3 is 2.78 bits per heavy atom. The maximum Gasteiger partial charge on any atom is 0.335 e. The Hall–Kier alpha value is -1.07. The second-order valence-corrected chi connectivity index (χ2v) is 5.24. The molecular weight excluding hydrogens is 298 g/mol. The van der Waals surface area contributed by atoms with Crippen molar-refractivity contribution in [3.8, 4) is 0 Å². The van der Waals surface area contributed by atoms with Crippen LogP contribution in [0.5, 0.6) is 0 Å². The second kappa shape index (κ2) is 5.71. The molecule has 1 saturated carbocycles. The van der Waals surface area contributed by atoms with Crippen LogP contribution in [0.25, 0.3) is 0 Å². The van der Waals surface area contributed by atoms with Crippen LogP contribution in [0.15, 0.2) is 22.7 Å². The maximum absolute atomic E-state index is 10.9. The van der Waals surface area contributed by atoms with Crippen molar-refractivity contribution in [2.45, 2.75) is 18.9 Å². The highest BCUT2D eigenvalue weighted by Crippen LogP contribution is 2.36. The summed E-state index contributed by atoms with van der Waals surface area (Å²) < 4.78 is 5.95. The van der Waals surface area contributed by atoms with Gasteiger partial charge in [0.2, 0.25) is 0 Å². The summed E-state index contributed by atoms with van der Waals surface area (Å²) in [6.07, 6.45) is 2.38. The van der Waals surface area contributed by atoms with Crippen molar-refractivity contribution in [1.82, 2.24) is 0 Å². The van der Waals surface area contributed by atoms with Gasteiger partial charge >= 0.3 is 5.97 Å². The quantitative estimate of drug-likeness (QED) is 0.877. The first-order chi connectivity index (χ1) is 8.63. The molecule has 1 aromatic carbocycles. The van der Waals surface area contributed by atoms with Crippen molar-refractivity contribution in [2.75, 3.05) is 25.2 Å². The number of nitrogens with zero attached hydrogens (tertiary/aromatic N) is 1. The molecule has 0 aromatic heterocycles. The fourth-order valence-corrected chi connectivity index (χ4v) is 2.55. The van der Waals surface area contributed by atoms with E-state index < -0.39 is 5.97 Å². The fourth-order valence-electron chi connectivity index (χ4n) is 1.95. The van der Waals surface area contributed by atoms with Crippen LogP contribution < -0.4 is 4.90 Å². The van der Waals surface area contributed by atoms with Crippen molar-refractivity contribution in [3.63, 3.8) is 0 Å². The summed E-state index contributed by atoms with van der Waals surface area (Å²) in [5.74, 6) is -0.905. The molecule has 18 heavy (non-hydrogen) atoms. The van der Waals surface area contributed by atoms with Crippen molar-refractivity contribution < 1.29 is 14.6 Å². The summed E-state index contributed by atoms with van der Waals surface area (Å²) in [5, 5.41) is 8.95. The highest BCUT2D eigenvalue weighted by Gasteiger charge is 2.30. The molecule has 0 unspecified atom stereocenters. The molecule has 0 atom stereocenters. The highest BCUT2D eigenvalue weighted by molar-refractivity contribution is 9.10. The van der Waals surface area contributed by atoms with E-state index in [1.165, 1.54) is 12.8 Å². The average Bonchev–Trinajstić information content (AvgIpc) is 3.15. The van der Waals surface area contributed by atoms with Gasteiger partial charge in [0.1, 0.15) is 0 Å². The molecule has 0 saturated heterocycles. The van der Waals surface area contributed by atoms with Crippen LogP contribution in [0.3, 0.4) is 0 Å². The van der Waals surface area contributed by atoms with Crippen LogP contribution in [-0.4, -0.2) is 37.4 Å². The third-order valence-corrected chi connectivity index (χ3v) is 3.66. The number of carbonyl (C=O) groups is 1. The van der Waals surface area contributed by atoms with E-state index in [0.717, 1.165) is 16.7 Å². The zero-order chi connectivity index (χ0) is 13.1. The zero-order valence-electron chi connectivity index (χ0n) is 10.2. The van der Waals surface area contributed by atoms with Gasteiger partial charge in [0.05, 0.1) is 17.9 Å². The number of methoxy groups -OCH3 is 1. The summed E-state index contributed by atoms with van der Waals surface area (Å²) in [6.45, 7) is 1.50. The van der Waals surface area contributed by atoms with Gasteiger partial charge in [-0.15, -0.1) is 0 Å². The molecule has 0 spiro atoms. The Balaban J connectivity index is 2.21.